The van der Waals surface area contributed by atoms with Crippen molar-refractivity contribution in [3.63, 3.8) is 0 Å². The molecule has 0 saturated carbocycles. The average Bonchev–Trinajstić information content (AvgIpc) is 2.78. The molecule has 0 aliphatic carbocycles. The Bertz CT molecular complexity index is 460. The number of thiophene rings is 1. The van der Waals surface area contributed by atoms with Crippen LogP contribution in [0.4, 0.5) is 0 Å². The van der Waals surface area contributed by atoms with E-state index in [-0.39, 0.29) is 11.9 Å². The fraction of sp³-hybridized carbons (Fsp3) is 0.500. The Labute approximate surface area is 115 Å². The maximum Gasteiger partial charge on any atom is 0.263 e. The molecule has 0 radical (unpaired) electrons. The summed E-state index contributed by atoms with van der Waals surface area (Å²) in [6, 6.07) is 4.06. The third kappa shape index (κ3) is 3.22. The maximum absolute atomic E-state index is 12.0. The van der Waals surface area contributed by atoms with Crippen molar-refractivity contribution in [2.45, 2.75) is 18.9 Å². The van der Waals surface area contributed by atoms with Gasteiger partial charge in [-0.1, -0.05) is 11.6 Å². The lowest BCUT2D eigenvalue weighted by Gasteiger charge is -2.30. The van der Waals surface area contributed by atoms with Crippen molar-refractivity contribution in [3.05, 3.63) is 21.3 Å². The number of nitriles is 1. The van der Waals surface area contributed by atoms with Gasteiger partial charge in [0, 0.05) is 19.1 Å². The number of likely N-dealkylation sites (tertiary alicyclic amines) is 1. The van der Waals surface area contributed by atoms with E-state index in [2.05, 4.69) is 16.3 Å². The molecule has 0 aromatic carbocycles. The molecule has 0 unspecified atom stereocenters. The van der Waals surface area contributed by atoms with Crippen LogP contribution in [0.3, 0.4) is 0 Å². The molecule has 0 spiro atoms. The fourth-order valence-electron chi connectivity index (χ4n) is 2.04. The van der Waals surface area contributed by atoms with Crippen molar-refractivity contribution in [3.8, 4) is 6.07 Å². The number of nitrogens with zero attached hydrogens (tertiary/aromatic N) is 2. The van der Waals surface area contributed by atoms with Crippen molar-refractivity contribution < 1.29 is 4.79 Å². The lowest BCUT2D eigenvalue weighted by Crippen LogP contribution is -2.44. The molecule has 1 fully saturated rings. The van der Waals surface area contributed by atoms with Crippen molar-refractivity contribution in [2.24, 2.45) is 0 Å². The minimum absolute atomic E-state index is 0.0891. The fourth-order valence-corrected chi connectivity index (χ4v) is 3.09. The van der Waals surface area contributed by atoms with E-state index in [1.54, 1.807) is 6.07 Å². The van der Waals surface area contributed by atoms with Gasteiger partial charge in [0.05, 0.1) is 17.6 Å². The highest BCUT2D eigenvalue weighted by atomic mass is 35.5. The summed E-state index contributed by atoms with van der Waals surface area (Å²) in [5, 5.41) is 13.9. The van der Waals surface area contributed by atoms with Gasteiger partial charge in [-0.3, -0.25) is 9.69 Å². The average molecular weight is 284 g/mol. The third-order valence-corrected chi connectivity index (χ3v) is 4.38. The summed E-state index contributed by atoms with van der Waals surface area (Å²) in [5.41, 5.74) is 0. The van der Waals surface area contributed by atoms with E-state index in [9.17, 15) is 4.79 Å². The van der Waals surface area contributed by atoms with Gasteiger partial charge < -0.3 is 5.32 Å². The first-order chi connectivity index (χ1) is 8.70. The van der Waals surface area contributed by atoms with Gasteiger partial charge in [0.15, 0.2) is 0 Å². The van der Waals surface area contributed by atoms with Crippen LogP contribution in [0.1, 0.15) is 22.5 Å². The van der Waals surface area contributed by atoms with E-state index in [0.717, 1.165) is 25.9 Å². The summed E-state index contributed by atoms with van der Waals surface area (Å²) in [6.45, 7) is 2.19. The normalized spacial score (nSPS) is 17.3. The largest absolute Gasteiger partial charge is 0.348 e. The zero-order valence-corrected chi connectivity index (χ0v) is 11.4. The van der Waals surface area contributed by atoms with Crippen molar-refractivity contribution in [1.29, 1.82) is 5.26 Å². The molecular weight excluding hydrogens is 270 g/mol. The Balaban J connectivity index is 1.84. The second-order valence-electron chi connectivity index (χ2n) is 4.28. The topological polar surface area (TPSA) is 56.1 Å². The van der Waals surface area contributed by atoms with Gasteiger partial charge in [-0.2, -0.15) is 5.26 Å². The van der Waals surface area contributed by atoms with Gasteiger partial charge in [0.1, 0.15) is 4.88 Å². The highest BCUT2D eigenvalue weighted by Crippen LogP contribution is 2.22. The van der Waals surface area contributed by atoms with Crippen molar-refractivity contribution in [1.82, 2.24) is 10.2 Å². The molecular formula is C12H14ClN3OS. The number of hydrogen-bond acceptors (Lipinski definition) is 4. The van der Waals surface area contributed by atoms with Crippen LogP contribution >= 0.6 is 22.9 Å². The first-order valence-electron chi connectivity index (χ1n) is 5.84. The zero-order chi connectivity index (χ0) is 13.0. The molecule has 1 saturated heterocycles. The molecule has 1 aromatic rings. The van der Waals surface area contributed by atoms with Crippen LogP contribution in [-0.2, 0) is 0 Å². The molecule has 0 bridgehead atoms. The summed E-state index contributed by atoms with van der Waals surface area (Å²) >= 11 is 7.28. The minimum atomic E-state index is -0.0891. The lowest BCUT2D eigenvalue weighted by molar-refractivity contribution is 0.0918. The highest BCUT2D eigenvalue weighted by molar-refractivity contribution is 7.12. The second kappa shape index (κ2) is 6.19. The first kappa shape index (κ1) is 13.3. The third-order valence-electron chi connectivity index (χ3n) is 3.04. The van der Waals surface area contributed by atoms with Crippen molar-refractivity contribution >= 4 is 28.8 Å². The summed E-state index contributed by atoms with van der Waals surface area (Å²) in [4.78, 5) is 14.6. The number of amides is 1. The highest BCUT2D eigenvalue weighted by Gasteiger charge is 2.22. The molecule has 1 aromatic heterocycles. The molecule has 2 heterocycles. The number of nitrogens with one attached hydrogen (secondary N) is 1. The van der Waals surface area contributed by atoms with Gasteiger partial charge in [-0.15, -0.1) is 11.3 Å². The van der Waals surface area contributed by atoms with Crippen LogP contribution in [0.25, 0.3) is 0 Å². The van der Waals surface area contributed by atoms with E-state index in [4.69, 9.17) is 16.9 Å². The predicted molar refractivity (Wildman–Crippen MR) is 71.9 cm³/mol. The Morgan fingerprint density at radius 2 is 2.33 bits per heavy atom. The number of rotatable bonds is 3. The molecule has 2 rings (SSSR count). The predicted octanol–water partition coefficient (Wildman–Crippen LogP) is 2.12. The van der Waals surface area contributed by atoms with Crippen LogP contribution in [0.2, 0.25) is 5.02 Å². The molecule has 96 valence electrons. The van der Waals surface area contributed by atoms with E-state index in [1.165, 1.54) is 11.3 Å². The summed E-state index contributed by atoms with van der Waals surface area (Å²) in [6.07, 6.45) is 1.77. The Hall–Kier alpha value is -1.09. The summed E-state index contributed by atoms with van der Waals surface area (Å²) in [5.74, 6) is -0.0891. The SMILES string of the molecule is N#CCN1CCC(NC(=O)c2sccc2Cl)CC1. The molecule has 1 N–H and O–H groups in total. The Morgan fingerprint density at radius 1 is 1.61 bits per heavy atom. The van der Waals surface area contributed by atoms with Gasteiger partial charge >= 0.3 is 0 Å². The maximum atomic E-state index is 12.0. The quantitative estimate of drug-likeness (QED) is 0.865. The smallest absolute Gasteiger partial charge is 0.263 e. The van der Waals surface area contributed by atoms with Crippen molar-refractivity contribution in [2.75, 3.05) is 19.6 Å². The molecule has 6 heteroatoms. The number of carbonyl (C=O) groups is 1. The number of carbonyl (C=O) groups excluding carboxylic acids is 1. The van der Waals surface area contributed by atoms with Crippen LogP contribution in [-0.4, -0.2) is 36.5 Å². The van der Waals surface area contributed by atoms with Crippen LogP contribution in [0, 0.1) is 11.3 Å². The standard InChI is InChI=1S/C12H14ClN3OS/c13-10-3-8-18-11(10)12(17)15-9-1-5-16(6-2-9)7-4-14/h3,8-9H,1-2,5-7H2,(H,15,17). The number of hydrogen-bond donors (Lipinski definition) is 1. The Morgan fingerprint density at radius 3 is 2.89 bits per heavy atom. The first-order valence-corrected chi connectivity index (χ1v) is 7.09. The van der Waals surface area contributed by atoms with Gasteiger partial charge in [-0.25, -0.2) is 0 Å². The Kier molecular flexibility index (Phi) is 4.59. The van der Waals surface area contributed by atoms with E-state index < -0.39 is 0 Å². The monoisotopic (exact) mass is 283 g/mol. The second-order valence-corrected chi connectivity index (χ2v) is 5.60. The minimum Gasteiger partial charge on any atom is -0.348 e. The van der Waals surface area contributed by atoms with Crippen LogP contribution < -0.4 is 5.32 Å². The summed E-state index contributed by atoms with van der Waals surface area (Å²) in [7, 11) is 0. The molecule has 1 aliphatic rings. The van der Waals surface area contributed by atoms with Gasteiger partial charge in [0.25, 0.3) is 5.91 Å². The van der Waals surface area contributed by atoms with E-state index in [1.807, 2.05) is 5.38 Å². The van der Waals surface area contributed by atoms with Gasteiger partial charge in [-0.05, 0) is 24.3 Å². The molecule has 4 nitrogen and oxygen atoms in total. The zero-order valence-electron chi connectivity index (χ0n) is 9.86. The number of halogens is 1. The van der Waals surface area contributed by atoms with Crippen LogP contribution in [0.5, 0.6) is 0 Å². The van der Waals surface area contributed by atoms with Crippen LogP contribution in [0.15, 0.2) is 11.4 Å². The van der Waals surface area contributed by atoms with Gasteiger partial charge in [0.2, 0.25) is 0 Å². The van der Waals surface area contributed by atoms with E-state index in [0.29, 0.717) is 16.4 Å². The summed E-state index contributed by atoms with van der Waals surface area (Å²) < 4.78 is 0. The lowest BCUT2D eigenvalue weighted by atomic mass is 10.1. The molecule has 18 heavy (non-hydrogen) atoms. The number of piperidine rings is 1. The molecule has 1 amide bonds. The molecule has 1 aliphatic heterocycles. The van der Waals surface area contributed by atoms with E-state index >= 15 is 0 Å². The molecule has 0 atom stereocenters.